The highest BCUT2D eigenvalue weighted by Crippen LogP contribution is 2.26. The summed E-state index contributed by atoms with van der Waals surface area (Å²) >= 11 is 2.48. The zero-order valence-corrected chi connectivity index (χ0v) is 14.3. The summed E-state index contributed by atoms with van der Waals surface area (Å²) in [5.74, 6) is 0. The average molecular weight is 354 g/mol. The minimum Gasteiger partial charge on any atom is -0.347 e. The van der Waals surface area contributed by atoms with Gasteiger partial charge in [-0.05, 0) is 41.6 Å². The maximum atomic E-state index is 11.8. The molecule has 24 heavy (non-hydrogen) atoms. The van der Waals surface area contributed by atoms with Crippen molar-refractivity contribution in [1.29, 1.82) is 0 Å². The van der Waals surface area contributed by atoms with E-state index in [1.54, 1.807) is 17.4 Å². The zero-order chi connectivity index (χ0) is 16.5. The zero-order valence-electron chi connectivity index (χ0n) is 12.7. The van der Waals surface area contributed by atoms with E-state index < -0.39 is 0 Å². The molecule has 4 nitrogen and oxygen atoms in total. The van der Waals surface area contributed by atoms with E-state index in [0.29, 0.717) is 17.5 Å². The van der Waals surface area contributed by atoms with Crippen LogP contribution in [0.5, 0.6) is 0 Å². The summed E-state index contributed by atoms with van der Waals surface area (Å²) in [6, 6.07) is 12.3. The second-order valence-electron chi connectivity index (χ2n) is 5.48. The Morgan fingerprint density at radius 3 is 2.79 bits per heavy atom. The molecule has 4 rings (SSSR count). The Kier molecular flexibility index (Phi) is 4.00. The minimum absolute atomic E-state index is 0.228. The summed E-state index contributed by atoms with van der Waals surface area (Å²) in [5.41, 5.74) is 2.42. The smallest absolute Gasteiger partial charge is 0.291 e. The summed E-state index contributed by atoms with van der Waals surface area (Å²) in [5, 5.41) is 5.23. The lowest BCUT2D eigenvalue weighted by Crippen LogP contribution is -2.10. The number of hydrogen-bond acceptors (Lipinski definition) is 4. The normalized spacial score (nSPS) is 16.2. The van der Waals surface area contributed by atoms with Crippen molar-refractivity contribution >= 4 is 50.4 Å². The molecule has 1 fully saturated rings. The molecule has 0 atom stereocenters. The molecular formula is C18H14N2O2S2. The van der Waals surface area contributed by atoms with Gasteiger partial charge < -0.3 is 9.88 Å². The molecule has 3 aromatic rings. The first-order valence-corrected chi connectivity index (χ1v) is 9.25. The van der Waals surface area contributed by atoms with Gasteiger partial charge in [-0.3, -0.25) is 9.59 Å². The number of aryl methyl sites for hydroxylation is 2. The predicted molar refractivity (Wildman–Crippen MR) is 99.1 cm³/mol. The Balaban J connectivity index is 1.65. The van der Waals surface area contributed by atoms with Crippen LogP contribution in [0.15, 0.2) is 53.7 Å². The Morgan fingerprint density at radius 2 is 2.04 bits per heavy atom. The summed E-state index contributed by atoms with van der Waals surface area (Å²) in [6.07, 6.45) is 4.83. The second kappa shape index (κ2) is 6.30. The van der Waals surface area contributed by atoms with Gasteiger partial charge in [0.25, 0.3) is 5.24 Å². The Morgan fingerprint density at radius 1 is 1.12 bits per heavy atom. The highest BCUT2D eigenvalue weighted by Gasteiger charge is 2.25. The number of aromatic nitrogens is 1. The summed E-state index contributed by atoms with van der Waals surface area (Å²) < 4.78 is 2.22. The van der Waals surface area contributed by atoms with Crippen molar-refractivity contribution in [3.05, 3.63) is 64.1 Å². The predicted octanol–water partition coefficient (Wildman–Crippen LogP) is 4.27. The van der Waals surface area contributed by atoms with E-state index in [2.05, 4.69) is 45.7 Å². The van der Waals surface area contributed by atoms with Crippen LogP contribution in [0.25, 0.3) is 17.0 Å². The largest absolute Gasteiger partial charge is 0.347 e. The van der Waals surface area contributed by atoms with Gasteiger partial charge in [-0.15, -0.1) is 11.3 Å². The van der Waals surface area contributed by atoms with Crippen LogP contribution in [-0.4, -0.2) is 14.9 Å². The van der Waals surface area contributed by atoms with E-state index in [4.69, 9.17) is 0 Å². The molecule has 0 spiro atoms. The van der Waals surface area contributed by atoms with Gasteiger partial charge >= 0.3 is 0 Å². The van der Waals surface area contributed by atoms with Crippen LogP contribution in [0.1, 0.15) is 10.4 Å². The Bertz CT molecular complexity index is 955. The lowest BCUT2D eigenvalue weighted by Gasteiger charge is -2.05. The third-order valence-electron chi connectivity index (χ3n) is 3.97. The first-order chi connectivity index (χ1) is 11.7. The van der Waals surface area contributed by atoms with Gasteiger partial charge in [-0.25, -0.2) is 0 Å². The second-order valence-corrected chi connectivity index (χ2v) is 7.46. The molecule has 0 saturated carbocycles. The molecule has 0 unspecified atom stereocenters. The molecule has 2 aromatic heterocycles. The molecule has 120 valence electrons. The fraction of sp³-hybridized carbons (Fsp3) is 0.111. The number of nitrogens with zero attached hydrogens (tertiary/aromatic N) is 1. The number of nitrogens with one attached hydrogen (secondary N) is 1. The van der Waals surface area contributed by atoms with Crippen LogP contribution in [0.3, 0.4) is 0 Å². The average Bonchev–Trinajstić information content (AvgIpc) is 3.27. The molecular weight excluding hydrogens is 340 g/mol. The fourth-order valence-corrected chi connectivity index (χ4v) is 4.08. The van der Waals surface area contributed by atoms with Crippen molar-refractivity contribution in [3.63, 3.8) is 0 Å². The van der Waals surface area contributed by atoms with Gasteiger partial charge in [0.15, 0.2) is 0 Å². The van der Waals surface area contributed by atoms with Crippen molar-refractivity contribution in [3.8, 4) is 0 Å². The quantitative estimate of drug-likeness (QED) is 0.712. The third-order valence-corrected chi connectivity index (χ3v) is 5.60. The highest BCUT2D eigenvalue weighted by atomic mass is 32.2. The van der Waals surface area contributed by atoms with Crippen molar-refractivity contribution in [1.82, 2.24) is 9.88 Å². The van der Waals surface area contributed by atoms with Crippen molar-refractivity contribution in [2.45, 2.75) is 13.0 Å². The van der Waals surface area contributed by atoms with Crippen LogP contribution in [0.2, 0.25) is 0 Å². The maximum Gasteiger partial charge on any atom is 0.291 e. The van der Waals surface area contributed by atoms with E-state index >= 15 is 0 Å². The standard InChI is InChI=1S/C18H14N2O2S2/c21-17-15(19-18(22)24-17)11-12-3-1-5-16-14(12)7-9-20(16)8-6-13-4-2-10-23-13/h1-5,7,9-11H,6,8H2,(H,19,22). The Hall–Kier alpha value is -2.31. The van der Waals surface area contributed by atoms with E-state index in [1.165, 1.54) is 4.88 Å². The number of rotatable bonds is 4. The molecule has 1 amide bonds. The minimum atomic E-state index is -0.313. The van der Waals surface area contributed by atoms with Crippen molar-refractivity contribution in [2.75, 3.05) is 0 Å². The maximum absolute atomic E-state index is 11.8. The first-order valence-electron chi connectivity index (χ1n) is 7.56. The van der Waals surface area contributed by atoms with E-state index in [-0.39, 0.29) is 10.4 Å². The van der Waals surface area contributed by atoms with Crippen LogP contribution < -0.4 is 5.32 Å². The van der Waals surface area contributed by atoms with Crippen LogP contribution in [0, 0.1) is 0 Å². The van der Waals surface area contributed by atoms with Gasteiger partial charge in [-0.2, -0.15) is 0 Å². The third kappa shape index (κ3) is 2.90. The SMILES string of the molecule is O=C1NC(=Cc2cccc3c2ccn3CCc2cccs2)C(=O)S1. The van der Waals surface area contributed by atoms with Gasteiger partial charge in [0, 0.05) is 40.3 Å². The molecule has 0 bridgehead atoms. The molecule has 1 aliphatic rings. The van der Waals surface area contributed by atoms with E-state index in [9.17, 15) is 9.59 Å². The first kappa shape index (κ1) is 15.2. The molecule has 6 heteroatoms. The number of carbonyl (C=O) groups excluding carboxylic acids is 2. The van der Waals surface area contributed by atoms with Gasteiger partial charge in [0.2, 0.25) is 5.12 Å². The monoisotopic (exact) mass is 354 g/mol. The lowest BCUT2D eigenvalue weighted by molar-refractivity contribution is -0.107. The molecule has 0 radical (unpaired) electrons. The summed E-state index contributed by atoms with van der Waals surface area (Å²) in [6.45, 7) is 0.912. The lowest BCUT2D eigenvalue weighted by atomic mass is 10.1. The number of hydrogen-bond donors (Lipinski definition) is 1. The van der Waals surface area contributed by atoms with Crippen molar-refractivity contribution in [2.24, 2.45) is 0 Å². The molecule has 1 N–H and O–H groups in total. The van der Waals surface area contributed by atoms with Gasteiger partial charge in [-0.1, -0.05) is 18.2 Å². The van der Waals surface area contributed by atoms with Gasteiger partial charge in [0.1, 0.15) is 0 Å². The Labute approximate surface area is 147 Å². The summed E-state index contributed by atoms with van der Waals surface area (Å²) in [7, 11) is 0. The highest BCUT2D eigenvalue weighted by molar-refractivity contribution is 8.27. The molecule has 3 heterocycles. The topological polar surface area (TPSA) is 51.1 Å². The number of thiophene rings is 1. The van der Waals surface area contributed by atoms with Crippen LogP contribution >= 0.6 is 23.1 Å². The summed E-state index contributed by atoms with van der Waals surface area (Å²) in [4.78, 5) is 24.4. The van der Waals surface area contributed by atoms with Crippen LogP contribution in [0.4, 0.5) is 4.79 Å². The molecule has 0 aliphatic carbocycles. The number of amides is 1. The van der Waals surface area contributed by atoms with E-state index in [1.807, 2.05) is 12.1 Å². The number of fused-ring (bicyclic) bond motifs is 1. The number of benzene rings is 1. The molecule has 1 saturated heterocycles. The van der Waals surface area contributed by atoms with Crippen LogP contribution in [-0.2, 0) is 17.8 Å². The molecule has 1 aromatic carbocycles. The number of thioether (sulfide) groups is 1. The van der Waals surface area contributed by atoms with Gasteiger partial charge in [0.05, 0.1) is 5.70 Å². The van der Waals surface area contributed by atoms with E-state index in [0.717, 1.165) is 29.4 Å². The van der Waals surface area contributed by atoms with Crippen molar-refractivity contribution < 1.29 is 9.59 Å². The fourth-order valence-electron chi connectivity index (χ4n) is 2.83. The number of carbonyl (C=O) groups is 2. The molecule has 1 aliphatic heterocycles.